The number of nitrogens with one attached hydrogen (secondary N) is 1. The van der Waals surface area contributed by atoms with Crippen molar-refractivity contribution in [3.63, 3.8) is 0 Å². The zero-order valence-electron chi connectivity index (χ0n) is 16.6. The summed E-state index contributed by atoms with van der Waals surface area (Å²) in [4.78, 5) is 27.4. The van der Waals surface area contributed by atoms with E-state index in [0.717, 1.165) is 0 Å². The van der Waals surface area contributed by atoms with Gasteiger partial charge in [-0.3, -0.25) is 10.3 Å². The van der Waals surface area contributed by atoms with Crippen molar-refractivity contribution in [2.24, 2.45) is 0 Å². The van der Waals surface area contributed by atoms with Gasteiger partial charge in [-0.15, -0.1) is 0 Å². The van der Waals surface area contributed by atoms with Crippen molar-refractivity contribution in [1.82, 2.24) is 4.98 Å². The molecule has 0 spiro atoms. The maximum absolute atomic E-state index is 14.3. The van der Waals surface area contributed by atoms with Crippen LogP contribution in [-0.4, -0.2) is 23.7 Å². The molecule has 1 amide bonds. The van der Waals surface area contributed by atoms with Crippen LogP contribution >= 0.6 is 0 Å². The number of benzene rings is 2. The van der Waals surface area contributed by atoms with E-state index in [1.807, 2.05) is 0 Å². The van der Waals surface area contributed by atoms with Crippen molar-refractivity contribution < 1.29 is 28.2 Å². The van der Waals surface area contributed by atoms with E-state index in [9.17, 15) is 14.0 Å². The SMILES string of the molecule is CCOC(=O)Nc1cccc(OC(=O)/C=C/c2ccc(Oc3cccnc3)c(F)c2)c1. The van der Waals surface area contributed by atoms with E-state index >= 15 is 0 Å². The van der Waals surface area contributed by atoms with Crippen LogP contribution < -0.4 is 14.8 Å². The topological polar surface area (TPSA) is 86.8 Å². The lowest BCUT2D eigenvalue weighted by Crippen LogP contribution is -2.13. The standard InChI is InChI=1S/C23H19FN2O5/c1-2-29-23(28)26-17-5-3-6-18(14-17)31-22(27)11-9-16-8-10-21(20(24)13-16)30-19-7-4-12-25-15-19/h3-15H,2H2,1H3,(H,26,28)/b11-9+. The molecule has 7 nitrogen and oxygen atoms in total. The second-order valence-electron chi connectivity index (χ2n) is 6.11. The summed E-state index contributed by atoms with van der Waals surface area (Å²) in [6.45, 7) is 1.93. The average molecular weight is 422 g/mol. The second kappa shape index (κ2) is 10.5. The Morgan fingerprint density at radius 3 is 2.68 bits per heavy atom. The molecule has 0 saturated heterocycles. The quantitative estimate of drug-likeness (QED) is 0.320. The molecule has 1 heterocycles. The molecule has 0 saturated carbocycles. The van der Waals surface area contributed by atoms with E-state index in [1.54, 1.807) is 49.5 Å². The van der Waals surface area contributed by atoms with Gasteiger partial charge in [0.1, 0.15) is 11.5 Å². The molecular formula is C23H19FN2O5. The minimum Gasteiger partial charge on any atom is -0.453 e. The maximum Gasteiger partial charge on any atom is 0.411 e. The van der Waals surface area contributed by atoms with Crippen LogP contribution in [-0.2, 0) is 9.53 Å². The van der Waals surface area contributed by atoms with Crippen LogP contribution in [0.5, 0.6) is 17.2 Å². The first kappa shape index (κ1) is 21.5. The van der Waals surface area contributed by atoms with Gasteiger partial charge in [-0.25, -0.2) is 14.0 Å². The van der Waals surface area contributed by atoms with Gasteiger partial charge in [-0.1, -0.05) is 12.1 Å². The van der Waals surface area contributed by atoms with Gasteiger partial charge < -0.3 is 14.2 Å². The third kappa shape index (κ3) is 6.67. The monoisotopic (exact) mass is 422 g/mol. The summed E-state index contributed by atoms with van der Waals surface area (Å²) < 4.78 is 29.7. The molecule has 0 atom stereocenters. The lowest BCUT2D eigenvalue weighted by Gasteiger charge is -2.07. The molecule has 0 aliphatic heterocycles. The fourth-order valence-electron chi connectivity index (χ4n) is 2.47. The average Bonchev–Trinajstić information content (AvgIpc) is 2.75. The molecule has 0 aliphatic rings. The molecule has 8 heteroatoms. The Kier molecular flexibility index (Phi) is 7.31. The third-order valence-corrected chi connectivity index (χ3v) is 3.80. The van der Waals surface area contributed by atoms with Crippen LogP contribution in [0, 0.1) is 5.82 Å². The zero-order chi connectivity index (χ0) is 22.1. The van der Waals surface area contributed by atoms with E-state index in [-0.39, 0.29) is 18.1 Å². The largest absolute Gasteiger partial charge is 0.453 e. The predicted molar refractivity (Wildman–Crippen MR) is 112 cm³/mol. The highest BCUT2D eigenvalue weighted by Gasteiger charge is 2.07. The number of ether oxygens (including phenoxy) is 3. The van der Waals surface area contributed by atoms with Crippen LogP contribution in [0.4, 0.5) is 14.9 Å². The van der Waals surface area contributed by atoms with Crippen molar-refractivity contribution in [2.75, 3.05) is 11.9 Å². The fourth-order valence-corrected chi connectivity index (χ4v) is 2.47. The summed E-state index contributed by atoms with van der Waals surface area (Å²) in [5.41, 5.74) is 0.865. The van der Waals surface area contributed by atoms with Crippen LogP contribution in [0.3, 0.4) is 0 Å². The summed E-state index contributed by atoms with van der Waals surface area (Å²) in [6.07, 6.45) is 5.04. The normalized spacial score (nSPS) is 10.5. The Balaban J connectivity index is 1.60. The van der Waals surface area contributed by atoms with Gasteiger partial charge in [0.05, 0.1) is 12.8 Å². The molecule has 31 heavy (non-hydrogen) atoms. The number of halogens is 1. The van der Waals surface area contributed by atoms with E-state index in [1.165, 1.54) is 36.5 Å². The number of hydrogen-bond acceptors (Lipinski definition) is 6. The Morgan fingerprint density at radius 1 is 1.10 bits per heavy atom. The van der Waals surface area contributed by atoms with Gasteiger partial charge in [0.15, 0.2) is 11.6 Å². The molecule has 2 aromatic carbocycles. The number of esters is 1. The molecule has 0 fully saturated rings. The molecule has 3 aromatic rings. The summed E-state index contributed by atoms with van der Waals surface area (Å²) in [5, 5.41) is 2.52. The molecule has 0 radical (unpaired) electrons. The molecule has 1 aromatic heterocycles. The van der Waals surface area contributed by atoms with Gasteiger partial charge in [-0.2, -0.15) is 0 Å². The number of nitrogens with zero attached hydrogens (tertiary/aromatic N) is 1. The van der Waals surface area contributed by atoms with Crippen LogP contribution in [0.25, 0.3) is 6.08 Å². The van der Waals surface area contributed by atoms with Gasteiger partial charge >= 0.3 is 12.1 Å². The maximum atomic E-state index is 14.3. The lowest BCUT2D eigenvalue weighted by atomic mass is 10.2. The van der Waals surface area contributed by atoms with Crippen LogP contribution in [0.15, 0.2) is 73.1 Å². The van der Waals surface area contributed by atoms with Gasteiger partial charge in [0.25, 0.3) is 0 Å². The van der Waals surface area contributed by atoms with E-state index in [0.29, 0.717) is 17.0 Å². The number of carbonyl (C=O) groups is 2. The first-order valence-corrected chi connectivity index (χ1v) is 9.34. The summed E-state index contributed by atoms with van der Waals surface area (Å²) in [7, 11) is 0. The van der Waals surface area contributed by atoms with E-state index < -0.39 is 17.9 Å². The van der Waals surface area contributed by atoms with Crippen molar-refractivity contribution in [2.45, 2.75) is 6.92 Å². The number of hydrogen-bond donors (Lipinski definition) is 1. The van der Waals surface area contributed by atoms with Gasteiger partial charge in [-0.05, 0) is 55.0 Å². The number of pyridine rings is 1. The first-order valence-electron chi connectivity index (χ1n) is 9.34. The van der Waals surface area contributed by atoms with Crippen molar-refractivity contribution >= 4 is 23.8 Å². The number of aromatic nitrogens is 1. The highest BCUT2D eigenvalue weighted by atomic mass is 19.1. The lowest BCUT2D eigenvalue weighted by molar-refractivity contribution is -0.128. The molecule has 0 bridgehead atoms. The highest BCUT2D eigenvalue weighted by molar-refractivity contribution is 5.89. The fraction of sp³-hybridized carbons (Fsp3) is 0.0870. The molecular weight excluding hydrogens is 403 g/mol. The minimum atomic E-state index is -0.663. The molecule has 0 aliphatic carbocycles. The second-order valence-corrected chi connectivity index (χ2v) is 6.11. The van der Waals surface area contributed by atoms with E-state index in [4.69, 9.17) is 14.2 Å². The zero-order valence-corrected chi connectivity index (χ0v) is 16.6. The van der Waals surface area contributed by atoms with Crippen molar-refractivity contribution in [3.05, 3.63) is 84.4 Å². The molecule has 3 rings (SSSR count). The summed E-state index contributed by atoms with van der Waals surface area (Å²) in [6, 6.07) is 13.9. The van der Waals surface area contributed by atoms with Crippen LogP contribution in [0.2, 0.25) is 0 Å². The van der Waals surface area contributed by atoms with Crippen LogP contribution in [0.1, 0.15) is 12.5 Å². The highest BCUT2D eigenvalue weighted by Crippen LogP contribution is 2.25. The van der Waals surface area contributed by atoms with Gasteiger partial charge in [0, 0.05) is 24.0 Å². The third-order valence-electron chi connectivity index (χ3n) is 3.80. The van der Waals surface area contributed by atoms with Crippen molar-refractivity contribution in [3.8, 4) is 17.2 Å². The smallest absolute Gasteiger partial charge is 0.411 e. The first-order chi connectivity index (χ1) is 15.0. The molecule has 1 N–H and O–H groups in total. The Morgan fingerprint density at radius 2 is 1.94 bits per heavy atom. The Hall–Kier alpha value is -4.20. The minimum absolute atomic E-state index is 0.0404. The number of carbonyl (C=O) groups excluding carboxylic acids is 2. The Bertz CT molecular complexity index is 1090. The number of rotatable bonds is 7. The Labute approximate surface area is 178 Å². The van der Waals surface area contributed by atoms with E-state index in [2.05, 4.69) is 10.3 Å². The molecule has 0 unspecified atom stereocenters. The van der Waals surface area contributed by atoms with Crippen molar-refractivity contribution in [1.29, 1.82) is 0 Å². The summed E-state index contributed by atoms with van der Waals surface area (Å²) in [5.74, 6) is -0.566. The van der Waals surface area contributed by atoms with Gasteiger partial charge in [0.2, 0.25) is 0 Å². The molecule has 158 valence electrons. The number of amides is 1. The number of anilines is 1. The predicted octanol–water partition coefficient (Wildman–Crippen LogP) is 5.20. The summed E-state index contributed by atoms with van der Waals surface area (Å²) >= 11 is 0.